The van der Waals surface area contributed by atoms with Crippen molar-refractivity contribution >= 4 is 15.7 Å². The minimum Gasteiger partial charge on any atom is -0.349 e. The molecule has 7 heteroatoms. The van der Waals surface area contributed by atoms with Crippen LogP contribution in [-0.4, -0.2) is 35.5 Å². The molecule has 0 radical (unpaired) electrons. The Morgan fingerprint density at radius 2 is 2.35 bits per heavy atom. The molecule has 1 unspecified atom stereocenters. The van der Waals surface area contributed by atoms with Gasteiger partial charge in [-0.15, -0.1) is 0 Å². The lowest BCUT2D eigenvalue weighted by atomic mass is 10.2. The van der Waals surface area contributed by atoms with E-state index in [2.05, 4.69) is 15.5 Å². The smallest absolute Gasteiger partial charge is 0.238 e. The standard InChI is InChI=1S/C10H15N3O3S/c14-10(11-7-8-4-5-12-13-8)9-3-1-2-6-17(9,15)16/h4-5,9H,1-3,6-7H2,(H,11,14)(H,12,13). The van der Waals surface area contributed by atoms with Gasteiger partial charge in [-0.3, -0.25) is 9.89 Å². The fourth-order valence-electron chi connectivity index (χ4n) is 1.93. The van der Waals surface area contributed by atoms with E-state index in [0.29, 0.717) is 12.8 Å². The van der Waals surface area contributed by atoms with Crippen molar-refractivity contribution in [2.24, 2.45) is 0 Å². The first kappa shape index (κ1) is 12.1. The molecule has 2 rings (SSSR count). The minimum atomic E-state index is -3.25. The van der Waals surface area contributed by atoms with Gasteiger partial charge < -0.3 is 5.32 Å². The van der Waals surface area contributed by atoms with Gasteiger partial charge in [0.15, 0.2) is 9.84 Å². The van der Waals surface area contributed by atoms with E-state index in [1.165, 1.54) is 0 Å². The summed E-state index contributed by atoms with van der Waals surface area (Å²) in [6.45, 7) is 0.283. The normalized spacial score (nSPS) is 23.2. The molecule has 2 heterocycles. The van der Waals surface area contributed by atoms with Crippen LogP contribution in [0, 0.1) is 0 Å². The van der Waals surface area contributed by atoms with E-state index in [4.69, 9.17) is 0 Å². The molecule has 1 aliphatic rings. The molecule has 1 atom stereocenters. The number of rotatable bonds is 3. The van der Waals surface area contributed by atoms with E-state index in [1.807, 2.05) is 0 Å². The Balaban J connectivity index is 1.95. The van der Waals surface area contributed by atoms with Crippen LogP contribution in [0.15, 0.2) is 12.3 Å². The SMILES string of the molecule is O=C(NCc1ccn[nH]1)C1CCCCS1(=O)=O. The summed E-state index contributed by atoms with van der Waals surface area (Å²) >= 11 is 0. The summed E-state index contributed by atoms with van der Waals surface area (Å²) < 4.78 is 23.4. The highest BCUT2D eigenvalue weighted by Crippen LogP contribution is 2.19. The molecule has 2 N–H and O–H groups in total. The Morgan fingerprint density at radius 3 is 3.00 bits per heavy atom. The molecular weight excluding hydrogens is 242 g/mol. The number of nitrogens with zero attached hydrogens (tertiary/aromatic N) is 1. The lowest BCUT2D eigenvalue weighted by Gasteiger charge is -2.21. The zero-order valence-electron chi connectivity index (χ0n) is 9.35. The van der Waals surface area contributed by atoms with Crippen LogP contribution < -0.4 is 5.32 Å². The van der Waals surface area contributed by atoms with Crippen LogP contribution in [-0.2, 0) is 21.2 Å². The van der Waals surface area contributed by atoms with Gasteiger partial charge in [0.1, 0.15) is 5.25 Å². The molecule has 1 saturated heterocycles. The van der Waals surface area contributed by atoms with Crippen LogP contribution in [0.25, 0.3) is 0 Å². The van der Waals surface area contributed by atoms with Gasteiger partial charge in [0.25, 0.3) is 0 Å². The summed E-state index contributed by atoms with van der Waals surface area (Å²) in [5, 5.41) is 8.19. The molecule has 0 aromatic carbocycles. The molecule has 1 aromatic heterocycles. The second kappa shape index (κ2) is 4.87. The van der Waals surface area contributed by atoms with E-state index in [-0.39, 0.29) is 12.3 Å². The molecular formula is C10H15N3O3S. The summed E-state index contributed by atoms with van der Waals surface area (Å²) in [6, 6.07) is 1.73. The van der Waals surface area contributed by atoms with Gasteiger partial charge in [-0.2, -0.15) is 5.10 Å². The molecule has 94 valence electrons. The number of nitrogens with one attached hydrogen (secondary N) is 2. The number of aromatic amines is 1. The summed E-state index contributed by atoms with van der Waals surface area (Å²) in [5.41, 5.74) is 0.756. The van der Waals surface area contributed by atoms with Gasteiger partial charge in [0.05, 0.1) is 18.0 Å². The summed E-state index contributed by atoms with van der Waals surface area (Å²) in [4.78, 5) is 11.8. The quantitative estimate of drug-likeness (QED) is 0.797. The average Bonchev–Trinajstić information content (AvgIpc) is 2.78. The zero-order chi connectivity index (χ0) is 12.3. The van der Waals surface area contributed by atoms with E-state index in [9.17, 15) is 13.2 Å². The van der Waals surface area contributed by atoms with Gasteiger partial charge in [-0.1, -0.05) is 6.42 Å². The van der Waals surface area contributed by atoms with Crippen LogP contribution in [0.1, 0.15) is 25.0 Å². The van der Waals surface area contributed by atoms with Crippen molar-refractivity contribution in [3.8, 4) is 0 Å². The maximum Gasteiger partial charge on any atom is 0.238 e. The van der Waals surface area contributed by atoms with Crippen molar-refractivity contribution in [3.05, 3.63) is 18.0 Å². The van der Waals surface area contributed by atoms with Crippen LogP contribution >= 0.6 is 0 Å². The minimum absolute atomic E-state index is 0.120. The number of aromatic nitrogens is 2. The predicted octanol–water partition coefficient (Wildman–Crippen LogP) is -0.00680. The topological polar surface area (TPSA) is 91.9 Å². The molecule has 0 aliphatic carbocycles. The van der Waals surface area contributed by atoms with Gasteiger partial charge in [0, 0.05) is 6.20 Å². The first-order valence-corrected chi connectivity index (χ1v) is 7.29. The first-order chi connectivity index (χ1) is 8.09. The Bertz CT molecular complexity index is 481. The molecule has 6 nitrogen and oxygen atoms in total. The molecule has 0 spiro atoms. The number of hydrogen-bond donors (Lipinski definition) is 2. The highest BCUT2D eigenvalue weighted by Gasteiger charge is 2.34. The van der Waals surface area contributed by atoms with Crippen molar-refractivity contribution in [1.82, 2.24) is 15.5 Å². The maximum absolute atomic E-state index is 11.8. The maximum atomic E-state index is 11.8. The number of hydrogen-bond acceptors (Lipinski definition) is 4. The van der Waals surface area contributed by atoms with Crippen molar-refractivity contribution in [2.75, 3.05) is 5.75 Å². The monoisotopic (exact) mass is 257 g/mol. The molecule has 0 bridgehead atoms. The zero-order valence-corrected chi connectivity index (χ0v) is 10.2. The van der Waals surface area contributed by atoms with Crippen LogP contribution in [0.4, 0.5) is 0 Å². The average molecular weight is 257 g/mol. The van der Waals surface area contributed by atoms with Crippen LogP contribution in [0.5, 0.6) is 0 Å². The van der Waals surface area contributed by atoms with Gasteiger partial charge in [0.2, 0.25) is 5.91 Å². The van der Waals surface area contributed by atoms with Gasteiger partial charge in [-0.05, 0) is 18.9 Å². The molecule has 1 amide bonds. The summed E-state index contributed by atoms with van der Waals surface area (Å²) in [7, 11) is -3.25. The highest BCUT2D eigenvalue weighted by atomic mass is 32.2. The number of H-pyrrole nitrogens is 1. The lowest BCUT2D eigenvalue weighted by Crippen LogP contribution is -2.42. The van der Waals surface area contributed by atoms with Crippen molar-refractivity contribution in [2.45, 2.75) is 31.1 Å². The predicted molar refractivity (Wildman–Crippen MR) is 61.9 cm³/mol. The second-order valence-electron chi connectivity index (χ2n) is 4.15. The number of amides is 1. The summed E-state index contributed by atoms with van der Waals surface area (Å²) in [5.74, 6) is -0.283. The highest BCUT2D eigenvalue weighted by molar-refractivity contribution is 7.92. The first-order valence-electron chi connectivity index (χ1n) is 5.57. The lowest BCUT2D eigenvalue weighted by molar-refractivity contribution is -0.121. The fourth-order valence-corrected chi connectivity index (χ4v) is 3.75. The Labute approximate surface area is 99.7 Å². The van der Waals surface area contributed by atoms with E-state index in [0.717, 1.165) is 12.1 Å². The number of carbonyl (C=O) groups is 1. The summed E-state index contributed by atoms with van der Waals surface area (Å²) in [6.07, 6.45) is 3.46. The second-order valence-corrected chi connectivity index (χ2v) is 6.45. The molecule has 1 aromatic rings. The largest absolute Gasteiger partial charge is 0.349 e. The Hall–Kier alpha value is -1.37. The third kappa shape index (κ3) is 2.85. The fraction of sp³-hybridized carbons (Fsp3) is 0.600. The third-order valence-electron chi connectivity index (χ3n) is 2.88. The number of carbonyl (C=O) groups excluding carboxylic acids is 1. The number of sulfone groups is 1. The van der Waals surface area contributed by atoms with Crippen molar-refractivity contribution in [1.29, 1.82) is 0 Å². The Kier molecular flexibility index (Phi) is 3.46. The Morgan fingerprint density at radius 1 is 1.53 bits per heavy atom. The van der Waals surface area contributed by atoms with Gasteiger partial charge >= 0.3 is 0 Å². The van der Waals surface area contributed by atoms with E-state index in [1.54, 1.807) is 12.3 Å². The van der Waals surface area contributed by atoms with Crippen molar-refractivity contribution < 1.29 is 13.2 Å². The molecule has 1 aliphatic heterocycles. The molecule has 17 heavy (non-hydrogen) atoms. The van der Waals surface area contributed by atoms with Gasteiger partial charge in [-0.25, -0.2) is 8.42 Å². The van der Waals surface area contributed by atoms with E-state index < -0.39 is 21.0 Å². The van der Waals surface area contributed by atoms with Crippen LogP contribution in [0.3, 0.4) is 0 Å². The van der Waals surface area contributed by atoms with E-state index >= 15 is 0 Å². The molecule has 1 fully saturated rings. The van der Waals surface area contributed by atoms with Crippen LogP contribution in [0.2, 0.25) is 0 Å². The van der Waals surface area contributed by atoms with Crippen molar-refractivity contribution in [3.63, 3.8) is 0 Å². The third-order valence-corrected chi connectivity index (χ3v) is 5.06. The molecule has 0 saturated carbocycles.